The SMILES string of the molecule is Cc1noc(-c2ccnc(N3CCC4(CC3)CNC(=O)O4)c2)n1. The average molecular weight is 315 g/mol. The molecule has 2 saturated heterocycles. The Balaban J connectivity index is 1.50. The van der Waals surface area contributed by atoms with Crippen molar-refractivity contribution in [2.45, 2.75) is 25.4 Å². The van der Waals surface area contributed by atoms with E-state index in [1.54, 1.807) is 13.1 Å². The highest BCUT2D eigenvalue weighted by Gasteiger charge is 2.43. The summed E-state index contributed by atoms with van der Waals surface area (Å²) in [5, 5.41) is 6.56. The highest BCUT2D eigenvalue weighted by molar-refractivity contribution is 5.70. The smallest absolute Gasteiger partial charge is 0.407 e. The zero-order chi connectivity index (χ0) is 15.9. The normalized spacial score (nSPS) is 19.7. The zero-order valence-corrected chi connectivity index (χ0v) is 12.8. The first-order chi connectivity index (χ1) is 11.1. The summed E-state index contributed by atoms with van der Waals surface area (Å²) in [5.41, 5.74) is 0.499. The van der Waals surface area contributed by atoms with Crippen LogP contribution in [0.3, 0.4) is 0 Å². The molecular formula is C15H17N5O3. The van der Waals surface area contributed by atoms with Gasteiger partial charge in [-0.2, -0.15) is 4.98 Å². The summed E-state index contributed by atoms with van der Waals surface area (Å²) in [6.45, 7) is 3.95. The predicted molar refractivity (Wildman–Crippen MR) is 80.9 cm³/mol. The monoisotopic (exact) mass is 315 g/mol. The first kappa shape index (κ1) is 14.0. The average Bonchev–Trinajstić information content (AvgIpc) is 3.15. The van der Waals surface area contributed by atoms with E-state index in [2.05, 4.69) is 25.3 Å². The van der Waals surface area contributed by atoms with E-state index in [1.807, 2.05) is 12.1 Å². The first-order valence-electron chi connectivity index (χ1n) is 7.62. The van der Waals surface area contributed by atoms with Gasteiger partial charge in [-0.1, -0.05) is 5.16 Å². The van der Waals surface area contributed by atoms with Gasteiger partial charge in [-0.3, -0.25) is 0 Å². The van der Waals surface area contributed by atoms with Gasteiger partial charge in [0.25, 0.3) is 5.89 Å². The molecular weight excluding hydrogens is 298 g/mol. The minimum Gasteiger partial charge on any atom is -0.441 e. The molecule has 0 unspecified atom stereocenters. The van der Waals surface area contributed by atoms with E-state index in [1.165, 1.54) is 0 Å². The van der Waals surface area contributed by atoms with Crippen molar-refractivity contribution in [2.24, 2.45) is 0 Å². The number of ether oxygens (including phenoxy) is 1. The number of piperidine rings is 1. The largest absolute Gasteiger partial charge is 0.441 e. The second-order valence-corrected chi connectivity index (χ2v) is 5.96. The number of alkyl carbamates (subject to hydrolysis) is 1. The lowest BCUT2D eigenvalue weighted by molar-refractivity contribution is 0.0366. The van der Waals surface area contributed by atoms with Crippen LogP contribution in [-0.4, -0.2) is 46.5 Å². The molecule has 4 heterocycles. The van der Waals surface area contributed by atoms with E-state index < -0.39 is 0 Å². The fourth-order valence-electron chi connectivity index (χ4n) is 3.06. The number of carbonyl (C=O) groups excluding carboxylic acids is 1. The van der Waals surface area contributed by atoms with Crippen molar-refractivity contribution in [2.75, 3.05) is 24.5 Å². The standard InChI is InChI=1S/C15H17N5O3/c1-10-18-13(23-19-10)11-2-5-16-12(8-11)20-6-3-15(4-7-20)9-17-14(21)22-15/h2,5,8H,3-4,6-7,9H2,1H3,(H,17,21). The summed E-state index contributed by atoms with van der Waals surface area (Å²) in [4.78, 5) is 22.2. The first-order valence-corrected chi connectivity index (χ1v) is 7.62. The number of nitrogens with zero attached hydrogens (tertiary/aromatic N) is 4. The lowest BCUT2D eigenvalue weighted by atomic mass is 9.91. The molecule has 0 aromatic carbocycles. The van der Waals surface area contributed by atoms with E-state index in [0.29, 0.717) is 18.3 Å². The van der Waals surface area contributed by atoms with Crippen molar-refractivity contribution >= 4 is 11.9 Å². The van der Waals surface area contributed by atoms with Crippen molar-refractivity contribution in [1.82, 2.24) is 20.4 Å². The maximum atomic E-state index is 11.3. The van der Waals surface area contributed by atoms with Gasteiger partial charge in [-0.25, -0.2) is 9.78 Å². The third kappa shape index (κ3) is 2.60. The Morgan fingerprint density at radius 1 is 1.35 bits per heavy atom. The Labute approximate surface area is 132 Å². The van der Waals surface area contributed by atoms with E-state index >= 15 is 0 Å². The van der Waals surface area contributed by atoms with E-state index in [-0.39, 0.29) is 11.7 Å². The molecule has 120 valence electrons. The molecule has 1 amide bonds. The predicted octanol–water partition coefficient (Wildman–Crippen LogP) is 1.52. The summed E-state index contributed by atoms with van der Waals surface area (Å²) >= 11 is 0. The van der Waals surface area contributed by atoms with Crippen LogP contribution in [0, 0.1) is 6.92 Å². The fraction of sp³-hybridized carbons (Fsp3) is 0.467. The Kier molecular flexibility index (Phi) is 3.17. The quantitative estimate of drug-likeness (QED) is 0.898. The van der Waals surface area contributed by atoms with Crippen LogP contribution >= 0.6 is 0 Å². The molecule has 4 rings (SSSR count). The molecule has 2 aromatic rings. The van der Waals surface area contributed by atoms with Crippen molar-refractivity contribution in [3.63, 3.8) is 0 Å². The number of pyridine rings is 1. The summed E-state index contributed by atoms with van der Waals surface area (Å²) in [7, 11) is 0. The number of carbonyl (C=O) groups is 1. The van der Waals surface area contributed by atoms with Crippen LogP contribution in [0.1, 0.15) is 18.7 Å². The van der Waals surface area contributed by atoms with Gasteiger partial charge in [-0.05, 0) is 19.1 Å². The fourth-order valence-corrected chi connectivity index (χ4v) is 3.06. The number of amides is 1. The Morgan fingerprint density at radius 2 is 2.17 bits per heavy atom. The topological polar surface area (TPSA) is 93.4 Å². The molecule has 2 aliphatic rings. The van der Waals surface area contributed by atoms with Gasteiger partial charge in [0.2, 0.25) is 0 Å². The number of rotatable bonds is 2. The van der Waals surface area contributed by atoms with Crippen LogP contribution in [0.2, 0.25) is 0 Å². The van der Waals surface area contributed by atoms with Crippen LogP contribution in [0.15, 0.2) is 22.9 Å². The molecule has 8 nitrogen and oxygen atoms in total. The molecule has 2 aliphatic heterocycles. The van der Waals surface area contributed by atoms with E-state index in [4.69, 9.17) is 9.26 Å². The summed E-state index contributed by atoms with van der Waals surface area (Å²) in [6.07, 6.45) is 3.01. The van der Waals surface area contributed by atoms with E-state index in [0.717, 1.165) is 37.3 Å². The Bertz CT molecular complexity index is 736. The molecule has 1 N–H and O–H groups in total. The number of anilines is 1. The lowest BCUT2D eigenvalue weighted by Gasteiger charge is -2.37. The van der Waals surface area contributed by atoms with Gasteiger partial charge in [0, 0.05) is 37.7 Å². The van der Waals surface area contributed by atoms with Gasteiger partial charge in [-0.15, -0.1) is 0 Å². The van der Waals surface area contributed by atoms with Crippen molar-refractivity contribution in [1.29, 1.82) is 0 Å². The van der Waals surface area contributed by atoms with Gasteiger partial charge in [0.1, 0.15) is 11.4 Å². The maximum absolute atomic E-state index is 11.3. The Hall–Kier alpha value is -2.64. The molecule has 2 fully saturated rings. The number of aromatic nitrogens is 3. The van der Waals surface area contributed by atoms with Crippen molar-refractivity contribution in [3.8, 4) is 11.5 Å². The third-order valence-electron chi connectivity index (χ3n) is 4.38. The number of nitrogens with one attached hydrogen (secondary N) is 1. The second-order valence-electron chi connectivity index (χ2n) is 5.96. The van der Waals surface area contributed by atoms with Gasteiger partial charge in [0.15, 0.2) is 5.82 Å². The highest BCUT2D eigenvalue weighted by atomic mass is 16.6. The second kappa shape index (κ2) is 5.22. The van der Waals surface area contributed by atoms with Crippen molar-refractivity contribution in [3.05, 3.63) is 24.2 Å². The summed E-state index contributed by atoms with van der Waals surface area (Å²) < 4.78 is 10.6. The highest BCUT2D eigenvalue weighted by Crippen LogP contribution is 2.31. The van der Waals surface area contributed by atoms with Crippen LogP contribution in [0.5, 0.6) is 0 Å². The molecule has 23 heavy (non-hydrogen) atoms. The molecule has 2 aromatic heterocycles. The molecule has 0 saturated carbocycles. The molecule has 0 atom stereocenters. The van der Waals surface area contributed by atoms with Crippen molar-refractivity contribution < 1.29 is 14.1 Å². The molecule has 0 aliphatic carbocycles. The minimum atomic E-state index is -0.352. The third-order valence-corrected chi connectivity index (χ3v) is 4.38. The van der Waals surface area contributed by atoms with Crippen LogP contribution in [0.25, 0.3) is 11.5 Å². The zero-order valence-electron chi connectivity index (χ0n) is 12.8. The van der Waals surface area contributed by atoms with Crippen LogP contribution in [0.4, 0.5) is 10.6 Å². The van der Waals surface area contributed by atoms with Crippen LogP contribution in [-0.2, 0) is 4.74 Å². The molecule has 8 heteroatoms. The lowest BCUT2D eigenvalue weighted by Crippen LogP contribution is -2.46. The molecule has 0 bridgehead atoms. The summed E-state index contributed by atoms with van der Waals surface area (Å²) in [5.74, 6) is 1.97. The van der Waals surface area contributed by atoms with E-state index in [9.17, 15) is 4.79 Å². The number of aryl methyl sites for hydroxylation is 1. The summed E-state index contributed by atoms with van der Waals surface area (Å²) in [6, 6.07) is 3.80. The van der Waals surface area contributed by atoms with Gasteiger partial charge in [0.05, 0.1) is 6.54 Å². The molecule has 1 spiro atoms. The minimum absolute atomic E-state index is 0.315. The van der Waals surface area contributed by atoms with Gasteiger partial charge < -0.3 is 19.5 Å². The molecule has 0 radical (unpaired) electrons. The Morgan fingerprint density at radius 3 is 2.83 bits per heavy atom. The number of hydrogen-bond donors (Lipinski definition) is 1. The number of hydrogen-bond acceptors (Lipinski definition) is 7. The van der Waals surface area contributed by atoms with Crippen LogP contribution < -0.4 is 10.2 Å². The maximum Gasteiger partial charge on any atom is 0.407 e. The van der Waals surface area contributed by atoms with Gasteiger partial charge >= 0.3 is 6.09 Å².